The van der Waals surface area contributed by atoms with Crippen molar-refractivity contribution in [1.29, 1.82) is 0 Å². The first-order valence-corrected chi connectivity index (χ1v) is 7.70. The van der Waals surface area contributed by atoms with Gasteiger partial charge in [0.25, 0.3) is 0 Å². The van der Waals surface area contributed by atoms with Crippen LogP contribution in [0.4, 0.5) is 18.9 Å². The second-order valence-electron chi connectivity index (χ2n) is 5.56. The number of ether oxygens (including phenoxy) is 1. The van der Waals surface area contributed by atoms with Gasteiger partial charge in [0.05, 0.1) is 18.7 Å². The molecule has 0 aliphatic carbocycles. The molecule has 0 fully saturated rings. The summed E-state index contributed by atoms with van der Waals surface area (Å²) in [6, 6.07) is 16.0. The summed E-state index contributed by atoms with van der Waals surface area (Å²) in [5.41, 5.74) is 0.459. The summed E-state index contributed by atoms with van der Waals surface area (Å²) in [5.74, 6) is 0.667. The summed E-state index contributed by atoms with van der Waals surface area (Å²) < 4.78 is 42.4. The molecule has 25 heavy (non-hydrogen) atoms. The molecule has 7 heteroatoms. The molecule has 0 aliphatic heterocycles. The van der Waals surface area contributed by atoms with Gasteiger partial charge in [0.1, 0.15) is 5.75 Å². The number of halogens is 3. The summed E-state index contributed by atoms with van der Waals surface area (Å²) in [7, 11) is 1.47. The highest BCUT2D eigenvalue weighted by atomic mass is 19.4. The molecule has 0 bridgehead atoms. The number of hydrogen-bond donors (Lipinski definition) is 1. The molecule has 2 rings (SSSR count). The minimum atomic E-state index is -4.24. The normalized spacial score (nSPS) is 11.4. The van der Waals surface area contributed by atoms with E-state index in [1.54, 1.807) is 36.4 Å². The summed E-state index contributed by atoms with van der Waals surface area (Å²) in [4.78, 5) is 13.4. The fraction of sp³-hybridized carbons (Fsp3) is 0.278. The second-order valence-corrected chi connectivity index (χ2v) is 5.56. The van der Waals surface area contributed by atoms with Crippen LogP contribution in [-0.2, 0) is 4.79 Å². The van der Waals surface area contributed by atoms with Crippen LogP contribution >= 0.6 is 0 Å². The average Bonchev–Trinajstić information content (AvgIpc) is 2.55. The zero-order valence-corrected chi connectivity index (χ0v) is 13.7. The molecule has 4 nitrogen and oxygen atoms in total. The summed E-state index contributed by atoms with van der Waals surface area (Å²) in [6.45, 7) is -0.380. The van der Waals surface area contributed by atoms with E-state index < -0.39 is 18.5 Å². The van der Waals surface area contributed by atoms with Crippen LogP contribution in [0.5, 0.6) is 11.5 Å². The Morgan fingerprint density at radius 1 is 1.08 bits per heavy atom. The predicted molar refractivity (Wildman–Crippen MR) is 89.8 cm³/mol. The molecule has 0 aromatic heterocycles. The molecular weight excluding hydrogens is 333 g/mol. The molecule has 0 aliphatic rings. The maximum Gasteiger partial charge on any atom is 0.390 e. The molecule has 0 atom stereocenters. The van der Waals surface area contributed by atoms with Crippen LogP contribution in [-0.4, -0.2) is 37.1 Å². The summed E-state index contributed by atoms with van der Waals surface area (Å²) in [5, 5.41) is 2.67. The molecule has 0 radical (unpaired) electrons. The lowest BCUT2D eigenvalue weighted by atomic mass is 10.2. The molecule has 0 unspecified atom stereocenters. The number of rotatable bonds is 7. The van der Waals surface area contributed by atoms with E-state index in [2.05, 4.69) is 5.32 Å². The third-order valence-electron chi connectivity index (χ3n) is 3.32. The van der Waals surface area contributed by atoms with E-state index in [9.17, 15) is 18.0 Å². The molecule has 0 spiro atoms. The molecule has 2 aromatic carbocycles. The summed E-state index contributed by atoms with van der Waals surface area (Å²) >= 11 is 0. The number of nitrogens with zero attached hydrogens (tertiary/aromatic N) is 1. The number of benzene rings is 2. The molecule has 1 N–H and O–H groups in total. The smallest absolute Gasteiger partial charge is 0.390 e. The number of alkyl halides is 3. The molecule has 2 aromatic rings. The van der Waals surface area contributed by atoms with Crippen molar-refractivity contribution in [2.24, 2.45) is 0 Å². The fourth-order valence-corrected chi connectivity index (χ4v) is 2.11. The first-order valence-electron chi connectivity index (χ1n) is 7.70. The predicted octanol–water partition coefficient (Wildman–Crippen LogP) is 4.30. The third-order valence-corrected chi connectivity index (χ3v) is 3.32. The van der Waals surface area contributed by atoms with E-state index in [1.807, 2.05) is 18.2 Å². The van der Waals surface area contributed by atoms with Gasteiger partial charge in [-0.3, -0.25) is 9.69 Å². The minimum absolute atomic E-state index is 0.143. The second kappa shape index (κ2) is 8.53. The van der Waals surface area contributed by atoms with Gasteiger partial charge in [0.2, 0.25) is 5.91 Å². The van der Waals surface area contributed by atoms with Crippen LogP contribution < -0.4 is 10.1 Å². The SMILES string of the molecule is CN(CCC(F)(F)F)CC(=O)Nc1ccccc1Oc1ccccc1. The van der Waals surface area contributed by atoms with Crippen molar-refractivity contribution in [3.8, 4) is 11.5 Å². The Hall–Kier alpha value is -2.54. The van der Waals surface area contributed by atoms with Crippen LogP contribution in [0.25, 0.3) is 0 Å². The quantitative estimate of drug-likeness (QED) is 0.808. The van der Waals surface area contributed by atoms with Crippen molar-refractivity contribution < 1.29 is 22.7 Å². The van der Waals surface area contributed by atoms with Gasteiger partial charge in [-0.15, -0.1) is 0 Å². The third kappa shape index (κ3) is 6.84. The van der Waals surface area contributed by atoms with Crippen LogP contribution in [0.3, 0.4) is 0 Å². The number of anilines is 1. The Labute approximate surface area is 144 Å². The number of para-hydroxylation sites is 3. The zero-order chi connectivity index (χ0) is 18.3. The van der Waals surface area contributed by atoms with Gasteiger partial charge in [-0.2, -0.15) is 13.2 Å². The van der Waals surface area contributed by atoms with E-state index in [0.717, 1.165) is 0 Å². The summed E-state index contributed by atoms with van der Waals surface area (Å²) in [6.07, 6.45) is -5.19. The van der Waals surface area contributed by atoms with E-state index in [1.165, 1.54) is 11.9 Å². The van der Waals surface area contributed by atoms with Gasteiger partial charge in [-0.1, -0.05) is 30.3 Å². The van der Waals surface area contributed by atoms with Crippen molar-refractivity contribution in [2.45, 2.75) is 12.6 Å². The standard InChI is InChI=1S/C18H19F3N2O2/c1-23(12-11-18(19,20)21)13-17(24)22-15-9-5-6-10-16(15)25-14-7-3-2-4-8-14/h2-10H,11-13H2,1H3,(H,22,24). The Bertz CT molecular complexity index is 690. The number of amides is 1. The van der Waals surface area contributed by atoms with Gasteiger partial charge in [-0.25, -0.2) is 0 Å². The number of carbonyl (C=O) groups excluding carboxylic acids is 1. The topological polar surface area (TPSA) is 41.6 Å². The highest BCUT2D eigenvalue weighted by Crippen LogP contribution is 2.29. The number of nitrogens with one attached hydrogen (secondary N) is 1. The molecular formula is C18H19F3N2O2. The highest BCUT2D eigenvalue weighted by molar-refractivity contribution is 5.93. The monoisotopic (exact) mass is 352 g/mol. The van der Waals surface area contributed by atoms with Crippen molar-refractivity contribution in [2.75, 3.05) is 25.5 Å². The molecule has 1 amide bonds. The van der Waals surface area contributed by atoms with Crippen LogP contribution in [0.1, 0.15) is 6.42 Å². The fourth-order valence-electron chi connectivity index (χ4n) is 2.11. The minimum Gasteiger partial charge on any atom is -0.455 e. The zero-order valence-electron chi connectivity index (χ0n) is 13.7. The van der Waals surface area contributed by atoms with E-state index in [4.69, 9.17) is 4.74 Å². The molecule has 0 heterocycles. The van der Waals surface area contributed by atoms with Crippen molar-refractivity contribution >= 4 is 11.6 Å². The Morgan fingerprint density at radius 3 is 2.40 bits per heavy atom. The molecule has 0 saturated carbocycles. The van der Waals surface area contributed by atoms with Crippen LogP contribution in [0.15, 0.2) is 54.6 Å². The lowest BCUT2D eigenvalue weighted by molar-refractivity contribution is -0.138. The Kier molecular flexibility index (Phi) is 6.41. The van der Waals surface area contributed by atoms with E-state index in [0.29, 0.717) is 17.2 Å². The van der Waals surface area contributed by atoms with E-state index >= 15 is 0 Å². The van der Waals surface area contributed by atoms with Crippen molar-refractivity contribution in [3.05, 3.63) is 54.6 Å². The maximum absolute atomic E-state index is 12.2. The van der Waals surface area contributed by atoms with Gasteiger partial charge in [0.15, 0.2) is 5.75 Å². The first-order chi connectivity index (χ1) is 11.8. The molecule has 0 saturated heterocycles. The van der Waals surface area contributed by atoms with Gasteiger partial charge in [0, 0.05) is 6.54 Å². The average molecular weight is 352 g/mol. The van der Waals surface area contributed by atoms with Gasteiger partial charge in [-0.05, 0) is 31.3 Å². The first kappa shape index (κ1) is 18.8. The largest absolute Gasteiger partial charge is 0.455 e. The number of carbonyl (C=O) groups is 1. The van der Waals surface area contributed by atoms with Crippen molar-refractivity contribution in [1.82, 2.24) is 4.90 Å². The highest BCUT2D eigenvalue weighted by Gasteiger charge is 2.27. The van der Waals surface area contributed by atoms with E-state index in [-0.39, 0.29) is 13.1 Å². The number of likely N-dealkylation sites (N-methyl/N-ethyl adjacent to an activating group) is 1. The van der Waals surface area contributed by atoms with Crippen LogP contribution in [0, 0.1) is 0 Å². The van der Waals surface area contributed by atoms with Gasteiger partial charge < -0.3 is 10.1 Å². The molecule has 134 valence electrons. The maximum atomic E-state index is 12.2. The van der Waals surface area contributed by atoms with Gasteiger partial charge >= 0.3 is 6.18 Å². The van der Waals surface area contributed by atoms with Crippen molar-refractivity contribution in [3.63, 3.8) is 0 Å². The Morgan fingerprint density at radius 2 is 1.72 bits per heavy atom. The lowest BCUT2D eigenvalue weighted by Crippen LogP contribution is -2.32. The number of hydrogen-bond acceptors (Lipinski definition) is 3. The lowest BCUT2D eigenvalue weighted by Gasteiger charge is -2.18. The van der Waals surface area contributed by atoms with Crippen LogP contribution in [0.2, 0.25) is 0 Å². The Balaban J connectivity index is 1.94.